The molecule has 0 aliphatic heterocycles. The first kappa shape index (κ1) is 11.4. The molecule has 4 nitrogen and oxygen atoms in total. The zero-order chi connectivity index (χ0) is 12.3. The zero-order valence-electron chi connectivity index (χ0n) is 9.63. The van der Waals surface area contributed by atoms with Crippen LogP contribution in [0, 0.1) is 6.92 Å². The Morgan fingerprint density at radius 3 is 2.71 bits per heavy atom. The Morgan fingerprint density at radius 2 is 2.06 bits per heavy atom. The molecule has 0 unspecified atom stereocenters. The van der Waals surface area contributed by atoms with E-state index in [1.165, 1.54) is 0 Å². The van der Waals surface area contributed by atoms with E-state index in [2.05, 4.69) is 5.10 Å². The van der Waals surface area contributed by atoms with E-state index in [1.807, 2.05) is 41.9 Å². The van der Waals surface area contributed by atoms with Crippen molar-refractivity contribution in [2.24, 2.45) is 0 Å². The van der Waals surface area contributed by atoms with Crippen LogP contribution in [0.4, 0.5) is 0 Å². The van der Waals surface area contributed by atoms with E-state index < -0.39 is 5.97 Å². The summed E-state index contributed by atoms with van der Waals surface area (Å²) in [6.07, 6.45) is 2.40. The number of nitrogens with zero attached hydrogens (tertiary/aromatic N) is 2. The largest absolute Gasteiger partial charge is 0.481 e. The summed E-state index contributed by atoms with van der Waals surface area (Å²) in [6, 6.07) is 9.80. The fraction of sp³-hybridized carbons (Fsp3) is 0.231. The molecule has 4 heteroatoms. The predicted octanol–water partition coefficient (Wildman–Crippen LogP) is 2.20. The summed E-state index contributed by atoms with van der Waals surface area (Å²) < 4.78 is 1.83. The maximum atomic E-state index is 10.5. The number of aliphatic carboxylic acids is 1. The van der Waals surface area contributed by atoms with Crippen molar-refractivity contribution in [2.75, 3.05) is 0 Å². The van der Waals surface area contributed by atoms with Crippen LogP contribution in [0.1, 0.15) is 17.7 Å². The lowest BCUT2D eigenvalue weighted by atomic mass is 10.1. The highest BCUT2D eigenvalue weighted by molar-refractivity contribution is 5.67. The van der Waals surface area contributed by atoms with Gasteiger partial charge in [-0.25, -0.2) is 4.68 Å². The molecule has 0 aliphatic carbocycles. The number of aryl methyl sites for hydroxylation is 1. The Bertz CT molecular complexity index is 517. The summed E-state index contributed by atoms with van der Waals surface area (Å²) in [7, 11) is 0. The van der Waals surface area contributed by atoms with Crippen LogP contribution < -0.4 is 0 Å². The Balaban J connectivity index is 2.24. The number of hydrogen-bond donors (Lipinski definition) is 1. The van der Waals surface area contributed by atoms with Gasteiger partial charge in [0.15, 0.2) is 0 Å². The van der Waals surface area contributed by atoms with Gasteiger partial charge in [-0.1, -0.05) is 18.2 Å². The van der Waals surface area contributed by atoms with Crippen molar-refractivity contribution in [3.05, 3.63) is 47.8 Å². The van der Waals surface area contributed by atoms with Crippen molar-refractivity contribution >= 4 is 5.97 Å². The molecule has 0 spiro atoms. The lowest BCUT2D eigenvalue weighted by Crippen LogP contribution is -2.01. The minimum absolute atomic E-state index is 0.140. The van der Waals surface area contributed by atoms with Crippen molar-refractivity contribution < 1.29 is 9.90 Å². The molecule has 17 heavy (non-hydrogen) atoms. The van der Waals surface area contributed by atoms with Gasteiger partial charge in [0.2, 0.25) is 0 Å². The van der Waals surface area contributed by atoms with Crippen LogP contribution in [0.15, 0.2) is 36.5 Å². The van der Waals surface area contributed by atoms with E-state index in [4.69, 9.17) is 5.11 Å². The molecule has 0 atom stereocenters. The molecular formula is C13H14N2O2. The van der Waals surface area contributed by atoms with E-state index in [1.54, 1.807) is 6.20 Å². The summed E-state index contributed by atoms with van der Waals surface area (Å²) in [5, 5.41) is 12.9. The van der Waals surface area contributed by atoms with Crippen molar-refractivity contribution in [3.63, 3.8) is 0 Å². The van der Waals surface area contributed by atoms with Gasteiger partial charge >= 0.3 is 5.97 Å². The summed E-state index contributed by atoms with van der Waals surface area (Å²) in [5.74, 6) is -0.781. The third-order valence-electron chi connectivity index (χ3n) is 2.72. The van der Waals surface area contributed by atoms with Crippen molar-refractivity contribution in [1.29, 1.82) is 0 Å². The standard InChI is InChI=1S/C13H14N2O2/c1-10-11(7-8-13(16)17)9-14-15(10)12-5-3-2-4-6-12/h2-6,9H,7-8H2,1H3,(H,16,17). The molecule has 1 aromatic carbocycles. The normalized spacial score (nSPS) is 10.4. The van der Waals surface area contributed by atoms with Gasteiger partial charge < -0.3 is 5.11 Å². The summed E-state index contributed by atoms with van der Waals surface area (Å²) in [5.41, 5.74) is 2.97. The van der Waals surface area contributed by atoms with Crippen LogP contribution in [0.3, 0.4) is 0 Å². The van der Waals surface area contributed by atoms with Crippen LogP contribution >= 0.6 is 0 Å². The van der Waals surface area contributed by atoms with E-state index in [9.17, 15) is 4.79 Å². The molecule has 0 bridgehead atoms. The zero-order valence-corrected chi connectivity index (χ0v) is 9.63. The Labute approximate surface area is 99.5 Å². The lowest BCUT2D eigenvalue weighted by molar-refractivity contribution is -0.136. The SMILES string of the molecule is Cc1c(CCC(=O)O)cnn1-c1ccccc1. The van der Waals surface area contributed by atoms with Crippen molar-refractivity contribution in [3.8, 4) is 5.69 Å². The fourth-order valence-corrected chi connectivity index (χ4v) is 1.76. The van der Waals surface area contributed by atoms with Crippen LogP contribution in [-0.4, -0.2) is 20.9 Å². The Kier molecular flexibility index (Phi) is 3.23. The molecule has 0 amide bonds. The summed E-state index contributed by atoms with van der Waals surface area (Å²) >= 11 is 0. The molecule has 0 saturated carbocycles. The molecule has 1 aromatic heterocycles. The monoisotopic (exact) mass is 230 g/mol. The molecule has 2 rings (SSSR count). The molecule has 1 N–H and O–H groups in total. The highest BCUT2D eigenvalue weighted by Gasteiger charge is 2.08. The van der Waals surface area contributed by atoms with Crippen LogP contribution in [0.2, 0.25) is 0 Å². The minimum Gasteiger partial charge on any atom is -0.481 e. The summed E-state index contributed by atoms with van der Waals surface area (Å²) in [6.45, 7) is 1.96. The van der Waals surface area contributed by atoms with Crippen molar-refractivity contribution in [2.45, 2.75) is 19.8 Å². The molecular weight excluding hydrogens is 216 g/mol. The average Bonchev–Trinajstić information content (AvgIpc) is 2.69. The first-order valence-corrected chi connectivity index (χ1v) is 5.49. The van der Waals surface area contributed by atoms with Gasteiger partial charge in [-0.15, -0.1) is 0 Å². The van der Waals surface area contributed by atoms with Gasteiger partial charge in [0, 0.05) is 12.1 Å². The van der Waals surface area contributed by atoms with E-state index in [0.717, 1.165) is 16.9 Å². The molecule has 0 saturated heterocycles. The molecule has 1 heterocycles. The highest BCUT2D eigenvalue weighted by Crippen LogP contribution is 2.15. The molecule has 0 fully saturated rings. The fourth-order valence-electron chi connectivity index (χ4n) is 1.76. The molecule has 88 valence electrons. The lowest BCUT2D eigenvalue weighted by Gasteiger charge is -2.04. The topological polar surface area (TPSA) is 55.1 Å². The van der Waals surface area contributed by atoms with Gasteiger partial charge in [0.1, 0.15) is 0 Å². The number of carbonyl (C=O) groups is 1. The quantitative estimate of drug-likeness (QED) is 0.876. The molecule has 2 aromatic rings. The maximum absolute atomic E-state index is 10.5. The number of benzene rings is 1. The van der Waals surface area contributed by atoms with Gasteiger partial charge in [0.25, 0.3) is 0 Å². The molecule has 0 aliphatic rings. The summed E-state index contributed by atoms with van der Waals surface area (Å²) in [4.78, 5) is 10.5. The Hall–Kier alpha value is -2.10. The number of rotatable bonds is 4. The second-order valence-electron chi connectivity index (χ2n) is 3.90. The minimum atomic E-state index is -0.781. The molecule has 0 radical (unpaired) electrons. The number of aromatic nitrogens is 2. The van der Waals surface area contributed by atoms with Crippen molar-refractivity contribution in [1.82, 2.24) is 9.78 Å². The number of carboxylic acids is 1. The Morgan fingerprint density at radius 1 is 1.35 bits per heavy atom. The van der Waals surface area contributed by atoms with E-state index in [0.29, 0.717) is 6.42 Å². The smallest absolute Gasteiger partial charge is 0.303 e. The van der Waals surface area contributed by atoms with Gasteiger partial charge in [-0.3, -0.25) is 4.79 Å². The maximum Gasteiger partial charge on any atom is 0.303 e. The van der Waals surface area contributed by atoms with E-state index in [-0.39, 0.29) is 6.42 Å². The van der Waals surface area contributed by atoms with Gasteiger partial charge in [-0.05, 0) is 31.0 Å². The van der Waals surface area contributed by atoms with E-state index >= 15 is 0 Å². The highest BCUT2D eigenvalue weighted by atomic mass is 16.4. The van der Waals surface area contributed by atoms with Crippen LogP contribution in [-0.2, 0) is 11.2 Å². The first-order valence-electron chi connectivity index (χ1n) is 5.49. The number of carboxylic acid groups (broad SMARTS) is 1. The predicted molar refractivity (Wildman–Crippen MR) is 64.3 cm³/mol. The number of para-hydroxylation sites is 1. The third kappa shape index (κ3) is 2.53. The van der Waals surface area contributed by atoms with Gasteiger partial charge in [0.05, 0.1) is 11.9 Å². The second-order valence-corrected chi connectivity index (χ2v) is 3.90. The van der Waals surface area contributed by atoms with Gasteiger partial charge in [-0.2, -0.15) is 5.10 Å². The average molecular weight is 230 g/mol. The number of hydrogen-bond acceptors (Lipinski definition) is 2. The third-order valence-corrected chi connectivity index (χ3v) is 2.72. The first-order chi connectivity index (χ1) is 8.18. The second kappa shape index (κ2) is 4.82. The van der Waals surface area contributed by atoms with Crippen LogP contribution in [0.25, 0.3) is 5.69 Å². The van der Waals surface area contributed by atoms with Crippen LogP contribution in [0.5, 0.6) is 0 Å².